The Bertz CT molecular complexity index is 791. The second-order valence-corrected chi connectivity index (χ2v) is 7.53. The average Bonchev–Trinajstić information content (AvgIpc) is 2.94. The molecule has 0 atom stereocenters. The fourth-order valence-corrected chi connectivity index (χ4v) is 3.55. The number of imidazole rings is 1. The summed E-state index contributed by atoms with van der Waals surface area (Å²) >= 11 is 0. The molecule has 0 unspecified atom stereocenters. The topological polar surface area (TPSA) is 95.2 Å². The van der Waals surface area contributed by atoms with Gasteiger partial charge in [-0.05, 0) is 31.0 Å². The van der Waals surface area contributed by atoms with Crippen LogP contribution in [0.25, 0.3) is 11.0 Å². The molecule has 2 heterocycles. The summed E-state index contributed by atoms with van der Waals surface area (Å²) in [6, 6.07) is 5.31. The number of nitrogens with one attached hydrogen (secondary N) is 2. The van der Waals surface area contributed by atoms with E-state index >= 15 is 0 Å². The normalized spacial score (nSPS) is 17.7. The van der Waals surface area contributed by atoms with Crippen LogP contribution in [-0.2, 0) is 10.0 Å². The third kappa shape index (κ3) is 3.12. The van der Waals surface area contributed by atoms with Crippen LogP contribution in [0.2, 0.25) is 0 Å². The minimum Gasteiger partial charge on any atom is -0.349 e. The maximum absolute atomic E-state index is 12.3. The second kappa shape index (κ2) is 5.69. The number of hydrogen-bond donors (Lipinski definition) is 2. The first-order valence-corrected chi connectivity index (χ1v) is 8.97. The molecule has 0 spiro atoms. The van der Waals surface area contributed by atoms with Gasteiger partial charge in [0.15, 0.2) is 0 Å². The van der Waals surface area contributed by atoms with Gasteiger partial charge in [-0.2, -0.15) is 0 Å². The van der Waals surface area contributed by atoms with Gasteiger partial charge >= 0.3 is 0 Å². The quantitative estimate of drug-likeness (QED) is 0.870. The number of sulfonamides is 1. The number of rotatable bonds is 3. The fraction of sp³-hybridized carbons (Fsp3) is 0.429. The van der Waals surface area contributed by atoms with E-state index in [2.05, 4.69) is 15.3 Å². The van der Waals surface area contributed by atoms with Gasteiger partial charge in [0.25, 0.3) is 5.91 Å². The Hall–Kier alpha value is -1.93. The van der Waals surface area contributed by atoms with Gasteiger partial charge in [-0.15, -0.1) is 0 Å². The zero-order valence-electron chi connectivity index (χ0n) is 12.2. The van der Waals surface area contributed by atoms with Crippen LogP contribution in [0.15, 0.2) is 24.5 Å². The van der Waals surface area contributed by atoms with Gasteiger partial charge in [0.1, 0.15) is 0 Å². The van der Waals surface area contributed by atoms with Crippen molar-refractivity contribution in [2.24, 2.45) is 0 Å². The standard InChI is InChI=1S/C14H18N4O3S/c1-22(20,21)18-6-4-11(5-7-18)17-14(19)10-2-3-12-13(8-10)16-9-15-12/h2-3,8-9,11H,4-7H2,1H3,(H,15,16)(H,17,19). The Morgan fingerprint density at radius 2 is 2.09 bits per heavy atom. The first-order chi connectivity index (χ1) is 10.4. The summed E-state index contributed by atoms with van der Waals surface area (Å²) < 4.78 is 24.4. The third-order valence-electron chi connectivity index (χ3n) is 3.94. The van der Waals surface area contributed by atoms with Crippen LogP contribution in [0.1, 0.15) is 23.2 Å². The number of aromatic nitrogens is 2. The molecule has 0 radical (unpaired) electrons. The Morgan fingerprint density at radius 3 is 2.77 bits per heavy atom. The van der Waals surface area contributed by atoms with E-state index < -0.39 is 10.0 Å². The summed E-state index contributed by atoms with van der Waals surface area (Å²) in [6.07, 6.45) is 4.06. The number of benzene rings is 1. The van der Waals surface area contributed by atoms with Gasteiger partial charge in [0.05, 0.1) is 23.6 Å². The monoisotopic (exact) mass is 322 g/mol. The van der Waals surface area contributed by atoms with Crippen LogP contribution in [0.4, 0.5) is 0 Å². The van der Waals surface area contributed by atoms with Crippen molar-refractivity contribution in [1.82, 2.24) is 19.6 Å². The predicted molar refractivity (Wildman–Crippen MR) is 83.0 cm³/mol. The van der Waals surface area contributed by atoms with E-state index in [4.69, 9.17) is 0 Å². The van der Waals surface area contributed by atoms with Crippen LogP contribution >= 0.6 is 0 Å². The summed E-state index contributed by atoms with van der Waals surface area (Å²) in [4.78, 5) is 19.4. The van der Waals surface area contributed by atoms with Crippen LogP contribution in [0, 0.1) is 0 Å². The van der Waals surface area contributed by atoms with Gasteiger partial charge in [0, 0.05) is 24.7 Å². The Balaban J connectivity index is 1.63. The van der Waals surface area contributed by atoms with Gasteiger partial charge in [-0.1, -0.05) is 0 Å². The molecule has 1 aromatic heterocycles. The van der Waals surface area contributed by atoms with Crippen LogP contribution in [-0.4, -0.2) is 54.0 Å². The lowest BCUT2D eigenvalue weighted by Gasteiger charge is -2.30. The molecule has 1 amide bonds. The zero-order valence-corrected chi connectivity index (χ0v) is 13.1. The number of amides is 1. The lowest BCUT2D eigenvalue weighted by Crippen LogP contribution is -2.46. The largest absolute Gasteiger partial charge is 0.349 e. The van der Waals surface area contributed by atoms with Crippen LogP contribution in [0.5, 0.6) is 0 Å². The molecule has 118 valence electrons. The van der Waals surface area contributed by atoms with Crippen molar-refractivity contribution in [3.63, 3.8) is 0 Å². The van der Waals surface area contributed by atoms with Crippen LogP contribution in [0.3, 0.4) is 0 Å². The molecule has 2 aromatic rings. The highest BCUT2D eigenvalue weighted by molar-refractivity contribution is 7.88. The van der Waals surface area contributed by atoms with Gasteiger partial charge in [-0.3, -0.25) is 4.79 Å². The Morgan fingerprint density at radius 1 is 1.36 bits per heavy atom. The number of aromatic amines is 1. The molecule has 2 N–H and O–H groups in total. The maximum atomic E-state index is 12.3. The van der Waals surface area contributed by atoms with Crippen LogP contribution < -0.4 is 5.32 Å². The molecule has 1 saturated heterocycles. The number of carbonyl (C=O) groups excluding carboxylic acids is 1. The molecular formula is C14H18N4O3S. The number of carbonyl (C=O) groups is 1. The lowest BCUT2D eigenvalue weighted by atomic mass is 10.1. The van der Waals surface area contributed by atoms with Crippen molar-refractivity contribution in [2.45, 2.75) is 18.9 Å². The Labute approximate surface area is 128 Å². The molecule has 7 nitrogen and oxygen atoms in total. The summed E-state index contributed by atoms with van der Waals surface area (Å²) in [5.74, 6) is -0.144. The summed E-state index contributed by atoms with van der Waals surface area (Å²) in [7, 11) is -3.14. The number of fused-ring (bicyclic) bond motifs is 1. The molecule has 1 aromatic carbocycles. The molecule has 0 saturated carbocycles. The van der Waals surface area contributed by atoms with E-state index in [0.29, 0.717) is 31.5 Å². The van der Waals surface area contributed by atoms with E-state index in [9.17, 15) is 13.2 Å². The van der Waals surface area contributed by atoms with Crippen molar-refractivity contribution in [2.75, 3.05) is 19.3 Å². The highest BCUT2D eigenvalue weighted by atomic mass is 32.2. The number of H-pyrrole nitrogens is 1. The number of hydrogen-bond acceptors (Lipinski definition) is 4. The van der Waals surface area contributed by atoms with E-state index in [0.717, 1.165) is 11.0 Å². The number of nitrogens with zero attached hydrogens (tertiary/aromatic N) is 2. The predicted octanol–water partition coefficient (Wildman–Crippen LogP) is 0.717. The first kappa shape index (κ1) is 15.0. The van der Waals surface area contributed by atoms with Crippen molar-refractivity contribution >= 4 is 27.0 Å². The van der Waals surface area contributed by atoms with Crippen molar-refractivity contribution in [3.8, 4) is 0 Å². The van der Waals surface area contributed by atoms with E-state index in [1.165, 1.54) is 10.6 Å². The van der Waals surface area contributed by atoms with Crippen molar-refractivity contribution < 1.29 is 13.2 Å². The second-order valence-electron chi connectivity index (χ2n) is 5.54. The fourth-order valence-electron chi connectivity index (χ4n) is 2.68. The molecule has 3 rings (SSSR count). The maximum Gasteiger partial charge on any atom is 0.251 e. The average molecular weight is 322 g/mol. The summed E-state index contributed by atoms with van der Waals surface area (Å²) in [5, 5.41) is 2.97. The minimum atomic E-state index is -3.14. The van der Waals surface area contributed by atoms with E-state index in [1.807, 2.05) is 0 Å². The third-order valence-corrected chi connectivity index (χ3v) is 5.24. The van der Waals surface area contributed by atoms with Crippen molar-refractivity contribution in [3.05, 3.63) is 30.1 Å². The minimum absolute atomic E-state index is 0.00274. The Kier molecular flexibility index (Phi) is 3.88. The molecule has 22 heavy (non-hydrogen) atoms. The molecule has 1 aliphatic rings. The molecule has 0 aliphatic carbocycles. The lowest BCUT2D eigenvalue weighted by molar-refractivity contribution is 0.0924. The van der Waals surface area contributed by atoms with Gasteiger partial charge in [0.2, 0.25) is 10.0 Å². The SMILES string of the molecule is CS(=O)(=O)N1CCC(NC(=O)c2ccc3nc[nH]c3c2)CC1. The molecule has 1 fully saturated rings. The zero-order chi connectivity index (χ0) is 15.7. The molecular weight excluding hydrogens is 304 g/mol. The first-order valence-electron chi connectivity index (χ1n) is 7.12. The van der Waals surface area contributed by atoms with E-state index in [-0.39, 0.29) is 11.9 Å². The van der Waals surface area contributed by atoms with E-state index in [1.54, 1.807) is 24.5 Å². The molecule has 8 heteroatoms. The highest BCUT2D eigenvalue weighted by Gasteiger charge is 2.25. The molecule has 0 bridgehead atoms. The van der Waals surface area contributed by atoms with Crippen molar-refractivity contribution in [1.29, 1.82) is 0 Å². The highest BCUT2D eigenvalue weighted by Crippen LogP contribution is 2.15. The number of piperidine rings is 1. The summed E-state index contributed by atoms with van der Waals surface area (Å²) in [5.41, 5.74) is 2.21. The van der Waals surface area contributed by atoms with Gasteiger partial charge in [-0.25, -0.2) is 17.7 Å². The smallest absolute Gasteiger partial charge is 0.251 e. The summed E-state index contributed by atoms with van der Waals surface area (Å²) in [6.45, 7) is 0.896. The van der Waals surface area contributed by atoms with Gasteiger partial charge < -0.3 is 10.3 Å². The molecule has 1 aliphatic heterocycles.